The van der Waals surface area contributed by atoms with Gasteiger partial charge >= 0.3 is 5.95 Å². The van der Waals surface area contributed by atoms with E-state index >= 15 is 0 Å². The first kappa shape index (κ1) is 38.1. The van der Waals surface area contributed by atoms with Crippen LogP contribution in [0.4, 0.5) is 0 Å². The molecule has 10 heteroatoms. The van der Waals surface area contributed by atoms with Gasteiger partial charge in [0.15, 0.2) is 0 Å². The van der Waals surface area contributed by atoms with Crippen molar-refractivity contribution in [3.8, 4) is 0 Å². The molecule has 0 aromatic heterocycles. The third-order valence-corrected chi connectivity index (χ3v) is 4.82. The molecule has 9 nitrogen and oxygen atoms in total. The van der Waals surface area contributed by atoms with Gasteiger partial charge in [-0.2, -0.15) is 0 Å². The second kappa shape index (κ2) is 17.2. The molecule has 39 heavy (non-hydrogen) atoms. The minimum Gasteiger partial charge on any atom is -0.494 e. The Hall–Kier alpha value is -0.883. The summed E-state index contributed by atoms with van der Waals surface area (Å²) < 4.78 is 18.5. The molecule has 0 spiro atoms. The van der Waals surface area contributed by atoms with Crippen LogP contribution >= 0.6 is 0 Å². The SMILES string of the molecule is CC(CC(C)OC([Si])=C(OC(C)CC(C)OOC(C)(C)C)OC(C)CC(C)OOC(C)(C)C)OOC(C)(C)C. The molecule has 0 aromatic rings. The van der Waals surface area contributed by atoms with Gasteiger partial charge in [0.25, 0.3) is 0 Å². The Morgan fingerprint density at radius 1 is 0.462 bits per heavy atom. The molecule has 0 heterocycles. The predicted octanol–water partition coefficient (Wildman–Crippen LogP) is 7.07. The Kier molecular flexibility index (Phi) is 16.8. The molecule has 231 valence electrons. The smallest absolute Gasteiger partial charge is 0.313 e. The van der Waals surface area contributed by atoms with Crippen LogP contribution in [-0.4, -0.2) is 63.7 Å². The minimum absolute atomic E-state index is 0.177. The van der Waals surface area contributed by atoms with Crippen molar-refractivity contribution in [3.05, 3.63) is 11.3 Å². The van der Waals surface area contributed by atoms with E-state index in [2.05, 4.69) is 10.2 Å². The second-order valence-electron chi connectivity index (χ2n) is 13.4. The zero-order chi connectivity index (χ0) is 30.6. The van der Waals surface area contributed by atoms with Crippen molar-refractivity contribution in [2.45, 2.75) is 177 Å². The van der Waals surface area contributed by atoms with Crippen LogP contribution in [0.1, 0.15) is 123 Å². The lowest BCUT2D eigenvalue weighted by atomic mass is 10.2. The van der Waals surface area contributed by atoms with Gasteiger partial charge in [-0.25, -0.2) is 29.3 Å². The normalized spacial score (nSPS) is 17.5. The lowest BCUT2D eigenvalue weighted by Gasteiger charge is -2.28. The Bertz CT molecular complexity index is 658. The first-order chi connectivity index (χ1) is 17.6. The highest BCUT2D eigenvalue weighted by Crippen LogP contribution is 2.22. The van der Waals surface area contributed by atoms with Crippen molar-refractivity contribution in [2.75, 3.05) is 0 Å². The van der Waals surface area contributed by atoms with Crippen LogP contribution in [-0.2, 0) is 43.5 Å². The second-order valence-corrected chi connectivity index (χ2v) is 13.9. The van der Waals surface area contributed by atoms with Gasteiger partial charge in [-0.1, -0.05) is 0 Å². The van der Waals surface area contributed by atoms with Gasteiger partial charge in [-0.15, -0.1) is 0 Å². The maximum absolute atomic E-state index is 6.20. The maximum Gasteiger partial charge on any atom is 0.313 e. The Labute approximate surface area is 241 Å². The summed E-state index contributed by atoms with van der Waals surface area (Å²) in [7, 11) is 3.59. The summed E-state index contributed by atoms with van der Waals surface area (Å²) in [4.78, 5) is 32.9. The summed E-state index contributed by atoms with van der Waals surface area (Å²) in [6.45, 7) is 29.0. The van der Waals surface area contributed by atoms with E-state index in [9.17, 15) is 0 Å². The highest BCUT2D eigenvalue weighted by molar-refractivity contribution is 6.20. The molecule has 0 aliphatic rings. The standard InChI is InChI=1S/C29H57O9Si/c1-19(16-22(4)33-36-27(7,8)9)30-25(31-20(2)17-23(5)34-37-28(10,11)12)26(39)32-21(3)18-24(6)35-38-29(13,14)15/h19-24H,16-18H2,1-15H3. The molecule has 0 saturated heterocycles. The van der Waals surface area contributed by atoms with Gasteiger partial charge in [0.05, 0.1) is 41.2 Å². The predicted molar refractivity (Wildman–Crippen MR) is 152 cm³/mol. The summed E-state index contributed by atoms with van der Waals surface area (Å²) in [6, 6.07) is 0. The Balaban J connectivity index is 5.35. The van der Waals surface area contributed by atoms with Crippen molar-refractivity contribution >= 4 is 10.2 Å². The van der Waals surface area contributed by atoms with Crippen LogP contribution in [0.25, 0.3) is 0 Å². The number of hydrogen-bond acceptors (Lipinski definition) is 9. The van der Waals surface area contributed by atoms with E-state index in [1.807, 2.05) is 104 Å². The summed E-state index contributed by atoms with van der Waals surface area (Å²) in [5.41, 5.74) is -1.19. The van der Waals surface area contributed by atoms with Gasteiger partial charge in [-0.3, -0.25) is 0 Å². The Morgan fingerprint density at radius 2 is 0.718 bits per heavy atom. The molecule has 0 bridgehead atoms. The van der Waals surface area contributed by atoms with Crippen LogP contribution in [0.5, 0.6) is 0 Å². The van der Waals surface area contributed by atoms with E-state index in [0.717, 1.165) is 0 Å². The average molecular weight is 578 g/mol. The number of ether oxygens (including phenoxy) is 3. The van der Waals surface area contributed by atoms with E-state index in [-0.39, 0.29) is 42.6 Å². The van der Waals surface area contributed by atoms with E-state index in [0.29, 0.717) is 24.6 Å². The lowest BCUT2D eigenvalue weighted by Crippen LogP contribution is -2.28. The summed E-state index contributed by atoms with van der Waals surface area (Å²) in [6.07, 6.45) is 0.442. The zero-order valence-corrected chi connectivity index (χ0v) is 28.3. The molecule has 6 atom stereocenters. The third-order valence-electron chi connectivity index (χ3n) is 4.50. The van der Waals surface area contributed by atoms with E-state index in [1.165, 1.54) is 0 Å². The first-order valence-electron chi connectivity index (χ1n) is 14.1. The molecular formula is C29H57O9Si. The van der Waals surface area contributed by atoms with Crippen LogP contribution in [0, 0.1) is 0 Å². The highest BCUT2D eigenvalue weighted by atomic mass is 28.1. The molecule has 0 N–H and O–H groups in total. The average Bonchev–Trinajstić information content (AvgIpc) is 2.72. The molecule has 0 saturated carbocycles. The van der Waals surface area contributed by atoms with Gasteiger partial charge in [0.1, 0.15) is 27.8 Å². The fourth-order valence-electron chi connectivity index (χ4n) is 3.09. The quantitative estimate of drug-likeness (QED) is 0.0735. The molecule has 6 unspecified atom stereocenters. The molecule has 0 amide bonds. The maximum atomic E-state index is 6.20. The van der Waals surface area contributed by atoms with Crippen LogP contribution in [0.15, 0.2) is 11.3 Å². The largest absolute Gasteiger partial charge is 0.494 e. The van der Waals surface area contributed by atoms with Crippen molar-refractivity contribution in [1.29, 1.82) is 0 Å². The zero-order valence-electron chi connectivity index (χ0n) is 27.3. The van der Waals surface area contributed by atoms with Gasteiger partial charge in [0.2, 0.25) is 0 Å². The summed E-state index contributed by atoms with van der Waals surface area (Å²) in [5, 5.41) is 0.351. The molecule has 0 aromatic carbocycles. The van der Waals surface area contributed by atoms with Crippen molar-refractivity contribution < 1.29 is 43.5 Å². The van der Waals surface area contributed by atoms with Gasteiger partial charge in [0, 0.05) is 19.3 Å². The van der Waals surface area contributed by atoms with Gasteiger partial charge < -0.3 is 14.2 Å². The summed E-state index contributed by atoms with van der Waals surface area (Å²) in [5.74, 6) is 0.242. The molecule has 0 fully saturated rings. The topological polar surface area (TPSA) is 83.1 Å². The van der Waals surface area contributed by atoms with E-state index in [1.54, 1.807) is 0 Å². The fourth-order valence-corrected chi connectivity index (χ4v) is 3.41. The third kappa shape index (κ3) is 22.5. The monoisotopic (exact) mass is 577 g/mol. The minimum atomic E-state index is -0.400. The number of rotatable bonds is 18. The van der Waals surface area contributed by atoms with Crippen LogP contribution in [0.2, 0.25) is 0 Å². The van der Waals surface area contributed by atoms with Crippen molar-refractivity contribution in [3.63, 3.8) is 0 Å². The van der Waals surface area contributed by atoms with E-state index in [4.69, 9.17) is 43.5 Å². The molecule has 0 rings (SSSR count). The van der Waals surface area contributed by atoms with Crippen LogP contribution < -0.4 is 0 Å². The van der Waals surface area contributed by atoms with E-state index < -0.39 is 16.8 Å². The highest BCUT2D eigenvalue weighted by Gasteiger charge is 2.24. The molecule has 0 aliphatic heterocycles. The van der Waals surface area contributed by atoms with Gasteiger partial charge in [-0.05, 0) is 104 Å². The number of hydrogen-bond donors (Lipinski definition) is 0. The first-order valence-corrected chi connectivity index (χ1v) is 14.6. The lowest BCUT2D eigenvalue weighted by molar-refractivity contribution is -0.373. The van der Waals surface area contributed by atoms with Crippen molar-refractivity contribution in [1.82, 2.24) is 0 Å². The molecule has 3 radical (unpaired) electrons. The Morgan fingerprint density at radius 3 is 0.974 bits per heavy atom. The summed E-state index contributed by atoms with van der Waals surface area (Å²) >= 11 is 0. The van der Waals surface area contributed by atoms with Crippen LogP contribution in [0.3, 0.4) is 0 Å². The molecular weight excluding hydrogens is 520 g/mol. The van der Waals surface area contributed by atoms with Crippen molar-refractivity contribution in [2.24, 2.45) is 0 Å². The fraction of sp³-hybridized carbons (Fsp3) is 0.931. The molecule has 0 aliphatic carbocycles.